The summed E-state index contributed by atoms with van der Waals surface area (Å²) in [5.41, 5.74) is 4.84. The Balaban J connectivity index is 1.64. The van der Waals surface area contributed by atoms with E-state index < -0.39 is 0 Å². The summed E-state index contributed by atoms with van der Waals surface area (Å²) in [4.78, 5) is 27.5. The summed E-state index contributed by atoms with van der Waals surface area (Å²) >= 11 is 0. The van der Waals surface area contributed by atoms with E-state index in [4.69, 9.17) is 4.74 Å². The molecule has 1 heterocycles. The zero-order valence-electron chi connectivity index (χ0n) is 12.5. The van der Waals surface area contributed by atoms with Crippen LogP contribution in [0.1, 0.15) is 17.3 Å². The second kappa shape index (κ2) is 6.31. The summed E-state index contributed by atoms with van der Waals surface area (Å²) in [5, 5.41) is 0. The molecule has 0 unspecified atom stereocenters. The molecule has 6 nitrogen and oxygen atoms in total. The molecule has 0 radical (unpaired) electrons. The Bertz CT molecular complexity index is 870. The van der Waals surface area contributed by atoms with Crippen LogP contribution in [0, 0.1) is 0 Å². The van der Waals surface area contributed by atoms with Gasteiger partial charge in [-0.3, -0.25) is 15.0 Å². The summed E-state index contributed by atoms with van der Waals surface area (Å²) in [6.45, 7) is 1.32. The van der Waals surface area contributed by atoms with Gasteiger partial charge in [0.1, 0.15) is 12.1 Å². The normalized spacial score (nSPS) is 10.5. The molecule has 1 amide bonds. The highest BCUT2D eigenvalue weighted by atomic mass is 16.5. The second-order valence-corrected chi connectivity index (χ2v) is 5.01. The Morgan fingerprint density at radius 1 is 1.17 bits per heavy atom. The van der Waals surface area contributed by atoms with Crippen molar-refractivity contribution in [1.82, 2.24) is 9.66 Å². The maximum absolute atomic E-state index is 12.0. The van der Waals surface area contributed by atoms with E-state index in [2.05, 4.69) is 10.4 Å². The molecule has 3 aromatic rings. The number of fused-ring (bicyclic) bond motifs is 1. The monoisotopic (exact) mass is 309 g/mol. The summed E-state index contributed by atoms with van der Waals surface area (Å²) in [6, 6.07) is 14.2. The zero-order valence-corrected chi connectivity index (χ0v) is 12.5. The number of imidazole rings is 1. The van der Waals surface area contributed by atoms with Crippen LogP contribution in [0.15, 0.2) is 54.9 Å². The van der Waals surface area contributed by atoms with Crippen molar-refractivity contribution in [2.45, 2.75) is 6.92 Å². The van der Waals surface area contributed by atoms with Crippen molar-refractivity contribution in [3.8, 4) is 5.75 Å². The van der Waals surface area contributed by atoms with Crippen LogP contribution in [-0.4, -0.2) is 28.0 Å². The molecule has 0 bridgehead atoms. The van der Waals surface area contributed by atoms with Gasteiger partial charge in [-0.1, -0.05) is 24.3 Å². The molecule has 0 atom stereocenters. The van der Waals surface area contributed by atoms with Gasteiger partial charge in [-0.25, -0.2) is 9.66 Å². The van der Waals surface area contributed by atoms with Gasteiger partial charge >= 0.3 is 0 Å². The van der Waals surface area contributed by atoms with Crippen molar-refractivity contribution in [1.29, 1.82) is 0 Å². The van der Waals surface area contributed by atoms with E-state index in [9.17, 15) is 9.59 Å². The first-order chi connectivity index (χ1) is 11.1. The number of benzene rings is 2. The third kappa shape index (κ3) is 3.37. The Kier molecular flexibility index (Phi) is 4.05. The number of rotatable bonds is 5. The average Bonchev–Trinajstić information content (AvgIpc) is 2.96. The van der Waals surface area contributed by atoms with Gasteiger partial charge in [0.25, 0.3) is 5.91 Å². The molecule has 0 aliphatic carbocycles. The maximum atomic E-state index is 12.0. The topological polar surface area (TPSA) is 73.2 Å². The van der Waals surface area contributed by atoms with E-state index >= 15 is 0 Å². The number of carbonyl (C=O) groups is 2. The number of hydrogen-bond donors (Lipinski definition) is 1. The molecule has 0 spiro atoms. The van der Waals surface area contributed by atoms with Gasteiger partial charge in [-0.05, 0) is 31.2 Å². The van der Waals surface area contributed by atoms with Crippen molar-refractivity contribution in [2.75, 3.05) is 12.0 Å². The van der Waals surface area contributed by atoms with Crippen LogP contribution in [0.2, 0.25) is 0 Å². The lowest BCUT2D eigenvalue weighted by atomic mass is 10.1. The van der Waals surface area contributed by atoms with Crippen LogP contribution in [0.3, 0.4) is 0 Å². The molecule has 23 heavy (non-hydrogen) atoms. The van der Waals surface area contributed by atoms with Gasteiger partial charge in [0.15, 0.2) is 12.4 Å². The van der Waals surface area contributed by atoms with Crippen molar-refractivity contribution in [3.05, 3.63) is 60.4 Å². The molecule has 1 N–H and O–H groups in total. The van der Waals surface area contributed by atoms with Gasteiger partial charge < -0.3 is 4.74 Å². The van der Waals surface area contributed by atoms with Crippen molar-refractivity contribution < 1.29 is 14.3 Å². The highest BCUT2D eigenvalue weighted by molar-refractivity contribution is 5.94. The lowest BCUT2D eigenvalue weighted by Crippen LogP contribution is -2.27. The molecule has 0 saturated carbocycles. The fourth-order valence-corrected chi connectivity index (χ4v) is 2.17. The van der Waals surface area contributed by atoms with E-state index in [1.807, 2.05) is 24.3 Å². The van der Waals surface area contributed by atoms with Gasteiger partial charge in [-0.2, -0.15) is 0 Å². The molecule has 6 heteroatoms. The predicted molar refractivity (Wildman–Crippen MR) is 86.0 cm³/mol. The summed E-state index contributed by atoms with van der Waals surface area (Å²) in [7, 11) is 0. The van der Waals surface area contributed by atoms with Crippen molar-refractivity contribution in [2.24, 2.45) is 0 Å². The third-order valence-electron chi connectivity index (χ3n) is 3.31. The third-order valence-corrected chi connectivity index (χ3v) is 3.31. The quantitative estimate of drug-likeness (QED) is 0.734. The first-order valence-electron chi connectivity index (χ1n) is 7.09. The number of para-hydroxylation sites is 2. The maximum Gasteiger partial charge on any atom is 0.276 e. The van der Waals surface area contributed by atoms with Crippen molar-refractivity contribution >= 4 is 22.7 Å². The van der Waals surface area contributed by atoms with Gasteiger partial charge in [0, 0.05) is 5.56 Å². The number of hydrogen-bond acceptors (Lipinski definition) is 4. The number of Topliss-reactive ketones (excluding diaryl/α,β-unsaturated/α-hetero) is 1. The lowest BCUT2D eigenvalue weighted by Gasteiger charge is -2.09. The highest BCUT2D eigenvalue weighted by Crippen LogP contribution is 2.14. The molecule has 0 fully saturated rings. The predicted octanol–water partition coefficient (Wildman–Crippen LogP) is 2.39. The molecule has 116 valence electrons. The second-order valence-electron chi connectivity index (χ2n) is 5.01. The molecular weight excluding hydrogens is 294 g/mol. The fourth-order valence-electron chi connectivity index (χ4n) is 2.17. The minimum atomic E-state index is -0.318. The number of nitrogens with one attached hydrogen (secondary N) is 1. The molecule has 0 aliphatic rings. The summed E-state index contributed by atoms with van der Waals surface area (Å²) in [5.74, 6) is 0.106. The lowest BCUT2D eigenvalue weighted by molar-refractivity contribution is -0.119. The smallest absolute Gasteiger partial charge is 0.276 e. The first kappa shape index (κ1) is 14.8. The minimum Gasteiger partial charge on any atom is -0.484 e. The van der Waals surface area contributed by atoms with Gasteiger partial charge in [-0.15, -0.1) is 0 Å². The van der Waals surface area contributed by atoms with E-state index in [1.165, 1.54) is 6.92 Å². The number of ketones is 1. The van der Waals surface area contributed by atoms with Crippen LogP contribution >= 0.6 is 0 Å². The molecular formula is C17H15N3O3. The molecule has 0 saturated heterocycles. The molecule has 2 aromatic carbocycles. The van der Waals surface area contributed by atoms with E-state index in [0.29, 0.717) is 11.3 Å². The zero-order chi connectivity index (χ0) is 16.2. The largest absolute Gasteiger partial charge is 0.484 e. The van der Waals surface area contributed by atoms with E-state index in [0.717, 1.165) is 11.0 Å². The highest BCUT2D eigenvalue weighted by Gasteiger charge is 2.07. The molecule has 0 aliphatic heterocycles. The summed E-state index contributed by atoms with van der Waals surface area (Å²) in [6.07, 6.45) is 1.54. The number of nitrogens with zero attached hydrogens (tertiary/aromatic N) is 2. The number of carbonyl (C=O) groups excluding carboxylic acids is 2. The Hall–Kier alpha value is -3.15. The van der Waals surface area contributed by atoms with Crippen LogP contribution in [0.25, 0.3) is 11.0 Å². The Morgan fingerprint density at radius 2 is 2.00 bits per heavy atom. The minimum absolute atomic E-state index is 0.0511. The molecule has 3 rings (SSSR count). The van der Waals surface area contributed by atoms with Crippen molar-refractivity contribution in [3.63, 3.8) is 0 Å². The van der Waals surface area contributed by atoms with Crippen LogP contribution in [0.5, 0.6) is 5.75 Å². The first-order valence-corrected chi connectivity index (χ1v) is 7.09. The van der Waals surface area contributed by atoms with Crippen LogP contribution in [-0.2, 0) is 4.79 Å². The average molecular weight is 309 g/mol. The Morgan fingerprint density at radius 3 is 2.83 bits per heavy atom. The van der Waals surface area contributed by atoms with Crippen LogP contribution < -0.4 is 10.2 Å². The van der Waals surface area contributed by atoms with Gasteiger partial charge in [0.2, 0.25) is 0 Å². The number of ether oxygens (including phenoxy) is 1. The van der Waals surface area contributed by atoms with E-state index in [1.54, 1.807) is 35.3 Å². The Labute approximate surface area is 132 Å². The van der Waals surface area contributed by atoms with E-state index in [-0.39, 0.29) is 18.3 Å². The number of amides is 1. The fraction of sp³-hybridized carbons (Fsp3) is 0.118. The van der Waals surface area contributed by atoms with Crippen LogP contribution in [0.4, 0.5) is 0 Å². The SMILES string of the molecule is CC(=O)c1cccc(OCC(=O)Nn2cnc3ccccc32)c1. The summed E-state index contributed by atoms with van der Waals surface area (Å²) < 4.78 is 6.97. The van der Waals surface area contributed by atoms with Gasteiger partial charge in [0.05, 0.1) is 11.0 Å². The molecule has 1 aromatic heterocycles. The standard InChI is InChI=1S/C17H15N3O3/c1-12(21)13-5-4-6-14(9-13)23-10-17(22)19-20-11-18-15-7-2-3-8-16(15)20/h2-9,11H,10H2,1H3,(H,19,22). The number of aromatic nitrogens is 2.